The number of nitrogens with zero attached hydrogens (tertiary/aromatic N) is 1. The summed E-state index contributed by atoms with van der Waals surface area (Å²) in [5, 5.41) is 0.328. The summed E-state index contributed by atoms with van der Waals surface area (Å²) in [6, 6.07) is 7.45. The van der Waals surface area contributed by atoms with Crippen LogP contribution in [0, 0.1) is 17.7 Å². The van der Waals surface area contributed by atoms with Crippen LogP contribution in [-0.2, 0) is 16.0 Å². The Hall–Kier alpha value is -2.52. The van der Waals surface area contributed by atoms with E-state index < -0.39 is 23.7 Å². The number of fused-ring (bicyclic) bond motifs is 1. The Morgan fingerprint density at radius 1 is 1.10 bits per heavy atom. The molecule has 1 saturated carbocycles. The molecule has 2 aromatic carbocycles. The van der Waals surface area contributed by atoms with Crippen molar-refractivity contribution in [2.24, 2.45) is 11.8 Å². The number of alkyl halides is 3. The summed E-state index contributed by atoms with van der Waals surface area (Å²) in [7, 11) is 1.35. The lowest BCUT2D eigenvalue weighted by Crippen LogP contribution is -2.50. The van der Waals surface area contributed by atoms with E-state index >= 15 is 4.39 Å². The standard InChI is InChI=1S/C30H34ClF4NO4/c1-17(28(37)38-3)25(19-4-5-19)22-8-6-20-10-11-29(40-27(20)26(22)32)12-14-36(15-13-29)18(2)23-16-21(31)7-9-24(23)39-30(33,34)35/h6-9,16-19,25H,4-5,10-15H2,1-3H3/t17-,18?,25-/m0/s1. The minimum atomic E-state index is -4.81. The number of esters is 1. The number of methoxy groups -OCH3 is 1. The van der Waals surface area contributed by atoms with Crippen molar-refractivity contribution < 1.29 is 36.6 Å². The van der Waals surface area contributed by atoms with E-state index in [1.165, 1.54) is 25.3 Å². The average Bonchev–Trinajstić information content (AvgIpc) is 3.75. The van der Waals surface area contributed by atoms with Crippen LogP contribution < -0.4 is 9.47 Å². The summed E-state index contributed by atoms with van der Waals surface area (Å²) >= 11 is 6.12. The maximum Gasteiger partial charge on any atom is 0.573 e. The molecule has 5 nitrogen and oxygen atoms in total. The van der Waals surface area contributed by atoms with Crippen LogP contribution >= 0.6 is 11.6 Å². The quantitative estimate of drug-likeness (QED) is 0.248. The molecule has 2 fully saturated rings. The Morgan fingerprint density at radius 2 is 1.80 bits per heavy atom. The number of hydrogen-bond donors (Lipinski definition) is 0. The largest absolute Gasteiger partial charge is 0.573 e. The second-order valence-electron chi connectivity index (χ2n) is 11.4. The van der Waals surface area contributed by atoms with Crippen LogP contribution in [0.3, 0.4) is 0 Å². The zero-order valence-corrected chi connectivity index (χ0v) is 23.6. The Bertz CT molecular complexity index is 1260. The van der Waals surface area contributed by atoms with E-state index in [4.69, 9.17) is 21.1 Å². The first-order valence-corrected chi connectivity index (χ1v) is 14.2. The van der Waals surface area contributed by atoms with Gasteiger partial charge >= 0.3 is 12.3 Å². The molecule has 5 rings (SSSR count). The van der Waals surface area contributed by atoms with Crippen molar-refractivity contribution in [3.8, 4) is 11.5 Å². The number of carbonyl (C=O) groups excluding carboxylic acids is 1. The summed E-state index contributed by atoms with van der Waals surface area (Å²) in [5.41, 5.74) is 1.11. The van der Waals surface area contributed by atoms with Gasteiger partial charge in [-0.15, -0.1) is 13.2 Å². The molecule has 1 spiro atoms. The van der Waals surface area contributed by atoms with E-state index in [1.807, 2.05) is 13.0 Å². The molecule has 2 aromatic rings. The Labute approximate surface area is 236 Å². The Morgan fingerprint density at radius 3 is 2.42 bits per heavy atom. The molecular weight excluding hydrogens is 550 g/mol. The van der Waals surface area contributed by atoms with Crippen molar-refractivity contribution in [1.29, 1.82) is 0 Å². The zero-order valence-electron chi connectivity index (χ0n) is 22.8. The smallest absolute Gasteiger partial charge is 0.484 e. The predicted octanol–water partition coefficient (Wildman–Crippen LogP) is 7.60. The van der Waals surface area contributed by atoms with E-state index in [-0.39, 0.29) is 35.3 Å². The van der Waals surface area contributed by atoms with E-state index in [1.54, 1.807) is 13.0 Å². The number of carbonyl (C=O) groups is 1. The minimum Gasteiger partial charge on any atom is -0.484 e. The van der Waals surface area contributed by atoms with Crippen molar-refractivity contribution in [1.82, 2.24) is 4.90 Å². The molecule has 2 heterocycles. The number of halogens is 5. The summed E-state index contributed by atoms with van der Waals surface area (Å²) in [4.78, 5) is 14.4. The highest BCUT2D eigenvalue weighted by atomic mass is 35.5. The van der Waals surface area contributed by atoms with Gasteiger partial charge in [-0.2, -0.15) is 0 Å². The predicted molar refractivity (Wildman–Crippen MR) is 142 cm³/mol. The van der Waals surface area contributed by atoms with Gasteiger partial charge in [0.1, 0.15) is 11.4 Å². The lowest BCUT2D eigenvalue weighted by atomic mass is 9.79. The molecule has 0 radical (unpaired) electrons. The van der Waals surface area contributed by atoms with E-state index in [0.29, 0.717) is 48.5 Å². The third-order valence-corrected chi connectivity index (χ3v) is 9.12. The van der Waals surface area contributed by atoms with Crippen LogP contribution in [0.5, 0.6) is 11.5 Å². The molecule has 0 amide bonds. The fourth-order valence-electron chi connectivity index (χ4n) is 6.46. The third kappa shape index (κ3) is 5.91. The van der Waals surface area contributed by atoms with Gasteiger partial charge in [-0.1, -0.05) is 30.7 Å². The molecule has 218 valence electrons. The van der Waals surface area contributed by atoms with Gasteiger partial charge in [0.25, 0.3) is 0 Å². The van der Waals surface area contributed by atoms with Crippen LogP contribution in [0.1, 0.15) is 74.6 Å². The van der Waals surface area contributed by atoms with Crippen LogP contribution in [-0.4, -0.2) is 43.0 Å². The molecule has 3 aliphatic rings. The number of aryl methyl sites for hydroxylation is 1. The molecule has 1 aliphatic carbocycles. The number of likely N-dealkylation sites (tertiary alicyclic amines) is 1. The van der Waals surface area contributed by atoms with Crippen LogP contribution in [0.2, 0.25) is 5.02 Å². The minimum absolute atomic E-state index is 0.238. The van der Waals surface area contributed by atoms with E-state index in [2.05, 4.69) is 9.64 Å². The molecule has 2 aliphatic heterocycles. The molecule has 1 saturated heterocycles. The summed E-state index contributed by atoms with van der Waals surface area (Å²) in [6.07, 6.45) is -0.324. The Kier molecular flexibility index (Phi) is 8.00. The van der Waals surface area contributed by atoms with Gasteiger partial charge < -0.3 is 14.2 Å². The highest BCUT2D eigenvalue weighted by Gasteiger charge is 2.45. The number of piperidine rings is 1. The average molecular weight is 584 g/mol. The van der Waals surface area contributed by atoms with Gasteiger partial charge in [-0.25, -0.2) is 4.39 Å². The maximum absolute atomic E-state index is 16.1. The lowest BCUT2D eigenvalue weighted by molar-refractivity contribution is -0.275. The monoisotopic (exact) mass is 583 g/mol. The second-order valence-corrected chi connectivity index (χ2v) is 11.8. The zero-order chi connectivity index (χ0) is 28.8. The van der Waals surface area contributed by atoms with Crippen molar-refractivity contribution in [3.05, 3.63) is 57.9 Å². The third-order valence-electron chi connectivity index (χ3n) is 8.88. The molecule has 10 heteroatoms. The van der Waals surface area contributed by atoms with Crippen molar-refractivity contribution >= 4 is 17.6 Å². The summed E-state index contributed by atoms with van der Waals surface area (Å²) in [6.45, 7) is 4.73. The number of hydrogen-bond acceptors (Lipinski definition) is 5. The molecule has 0 N–H and O–H groups in total. The van der Waals surface area contributed by atoms with Gasteiger partial charge in [0.2, 0.25) is 0 Å². The van der Waals surface area contributed by atoms with Gasteiger partial charge in [-0.05, 0) is 80.7 Å². The van der Waals surface area contributed by atoms with Gasteiger partial charge in [0.15, 0.2) is 11.6 Å². The second kappa shape index (κ2) is 11.0. The fourth-order valence-corrected chi connectivity index (χ4v) is 6.64. The first-order valence-electron chi connectivity index (χ1n) is 13.8. The van der Waals surface area contributed by atoms with Crippen molar-refractivity contribution in [3.63, 3.8) is 0 Å². The molecule has 0 aromatic heterocycles. The van der Waals surface area contributed by atoms with Gasteiger partial charge in [0, 0.05) is 35.6 Å². The molecule has 3 atom stereocenters. The van der Waals surface area contributed by atoms with Gasteiger partial charge in [0.05, 0.1) is 13.0 Å². The van der Waals surface area contributed by atoms with Crippen LogP contribution in [0.25, 0.3) is 0 Å². The first-order chi connectivity index (χ1) is 18.9. The fraction of sp³-hybridized carbons (Fsp3) is 0.567. The number of ether oxygens (including phenoxy) is 3. The molecular formula is C30H34ClF4NO4. The Balaban J connectivity index is 1.33. The first kappa shape index (κ1) is 29.0. The molecule has 40 heavy (non-hydrogen) atoms. The van der Waals surface area contributed by atoms with Crippen LogP contribution in [0.15, 0.2) is 30.3 Å². The van der Waals surface area contributed by atoms with Crippen LogP contribution in [0.4, 0.5) is 17.6 Å². The van der Waals surface area contributed by atoms with Crippen molar-refractivity contribution in [2.75, 3.05) is 20.2 Å². The normalized spacial score (nSPS) is 21.2. The topological polar surface area (TPSA) is 48.0 Å². The van der Waals surface area contributed by atoms with Crippen molar-refractivity contribution in [2.45, 2.75) is 76.3 Å². The number of benzene rings is 2. The summed E-state index contributed by atoms with van der Waals surface area (Å²) in [5.74, 6) is -1.25. The summed E-state index contributed by atoms with van der Waals surface area (Å²) < 4.78 is 70.8. The molecule has 0 bridgehead atoms. The lowest BCUT2D eigenvalue weighted by Gasteiger charge is -2.46. The van der Waals surface area contributed by atoms with Gasteiger partial charge in [-0.3, -0.25) is 9.69 Å². The number of rotatable bonds is 7. The molecule has 1 unspecified atom stereocenters. The van der Waals surface area contributed by atoms with E-state index in [0.717, 1.165) is 24.8 Å². The SMILES string of the molecule is COC(=O)[C@@H](C)[C@H](c1ccc2c(c1F)OC1(CC2)CCN(C(C)c2cc(Cl)ccc2OC(F)(F)F)CC1)C1CC1. The highest BCUT2D eigenvalue weighted by Crippen LogP contribution is 2.50. The van der Waals surface area contributed by atoms with E-state index in [9.17, 15) is 18.0 Å². The highest BCUT2D eigenvalue weighted by molar-refractivity contribution is 6.30. The maximum atomic E-state index is 16.1.